The zero-order valence-corrected chi connectivity index (χ0v) is 16.9. The van der Waals surface area contributed by atoms with Gasteiger partial charge in [-0.1, -0.05) is 30.3 Å². The van der Waals surface area contributed by atoms with E-state index in [0.717, 1.165) is 12.1 Å². The summed E-state index contributed by atoms with van der Waals surface area (Å²) in [5.41, 5.74) is -0.0699. The second-order valence-corrected chi connectivity index (χ2v) is 8.32. The Morgan fingerprint density at radius 3 is 1.91 bits per heavy atom. The maximum Gasteiger partial charge on any atom is 0.573 e. The highest BCUT2D eigenvalue weighted by atomic mass is 32.2. The molecule has 0 saturated heterocycles. The molecule has 0 heterocycles. The van der Waals surface area contributed by atoms with Gasteiger partial charge in [0, 0.05) is 0 Å². The molecule has 3 aromatic rings. The third-order valence-electron chi connectivity index (χ3n) is 3.97. The van der Waals surface area contributed by atoms with Crippen molar-refractivity contribution in [1.82, 2.24) is 0 Å². The molecule has 10 heteroatoms. The molecule has 32 heavy (non-hydrogen) atoms. The fraction of sp³-hybridized carbons (Fsp3) is 0.136. The Labute approximate surface area is 181 Å². The summed E-state index contributed by atoms with van der Waals surface area (Å²) in [5, 5.41) is 0. The zero-order chi connectivity index (χ0) is 23.4. The first-order chi connectivity index (χ1) is 15.0. The normalized spacial score (nSPS) is 12.8. The lowest BCUT2D eigenvalue weighted by molar-refractivity contribution is -0.274. The minimum absolute atomic E-state index is 0.0699. The maximum absolute atomic E-state index is 12.5. The molecule has 0 radical (unpaired) electrons. The molecule has 0 fully saturated rings. The minimum atomic E-state index is -4.85. The Morgan fingerprint density at radius 2 is 1.31 bits per heavy atom. The van der Waals surface area contributed by atoms with E-state index in [1.54, 1.807) is 42.5 Å². The van der Waals surface area contributed by atoms with Crippen LogP contribution in [0.5, 0.6) is 5.75 Å². The van der Waals surface area contributed by atoms with Gasteiger partial charge in [-0.15, -0.1) is 13.2 Å². The number of alkyl halides is 6. The fourth-order valence-electron chi connectivity index (χ4n) is 2.76. The SMILES string of the molecule is O=C(OCC(F)(F)F)c1ccccc1[S+](c1ccccc1)c1ccc(OC(F)(F)F)cc1. The lowest BCUT2D eigenvalue weighted by Gasteiger charge is -2.13. The summed E-state index contributed by atoms with van der Waals surface area (Å²) < 4.78 is 83.3. The van der Waals surface area contributed by atoms with Gasteiger partial charge in [-0.3, -0.25) is 0 Å². The Morgan fingerprint density at radius 1 is 0.750 bits per heavy atom. The molecule has 0 amide bonds. The van der Waals surface area contributed by atoms with Crippen molar-refractivity contribution in [1.29, 1.82) is 0 Å². The largest absolute Gasteiger partial charge is 0.573 e. The minimum Gasteiger partial charge on any atom is -0.452 e. The van der Waals surface area contributed by atoms with Crippen molar-refractivity contribution < 1.29 is 40.6 Å². The molecule has 0 saturated carbocycles. The van der Waals surface area contributed by atoms with Gasteiger partial charge < -0.3 is 9.47 Å². The Hall–Kier alpha value is -3.14. The second kappa shape index (κ2) is 9.56. The first-order valence-corrected chi connectivity index (χ1v) is 10.2. The van der Waals surface area contributed by atoms with Crippen LogP contribution in [0, 0.1) is 0 Å². The van der Waals surface area contributed by atoms with Crippen LogP contribution in [0.3, 0.4) is 0 Å². The molecule has 1 atom stereocenters. The lowest BCUT2D eigenvalue weighted by Crippen LogP contribution is -2.21. The first kappa shape index (κ1) is 23.5. The molecule has 3 nitrogen and oxygen atoms in total. The smallest absolute Gasteiger partial charge is 0.452 e. The van der Waals surface area contributed by atoms with Gasteiger partial charge in [0.2, 0.25) is 0 Å². The highest BCUT2D eigenvalue weighted by Gasteiger charge is 2.36. The topological polar surface area (TPSA) is 35.5 Å². The summed E-state index contributed by atoms with van der Waals surface area (Å²) in [4.78, 5) is 14.0. The number of benzene rings is 3. The number of carbonyl (C=O) groups excluding carboxylic acids is 1. The molecule has 1 unspecified atom stereocenters. The standard InChI is InChI=1S/C22H15F6O3S/c23-21(24,25)14-30-20(29)18-8-4-5-9-19(18)32(16-6-2-1-3-7-16)17-12-10-15(11-13-17)31-22(26,27)28/h1-13H,14H2/q+1. The molecule has 3 aromatic carbocycles. The van der Waals surface area contributed by atoms with Gasteiger partial charge in [-0.25, -0.2) is 4.79 Å². The van der Waals surface area contributed by atoms with Gasteiger partial charge in [-0.2, -0.15) is 13.2 Å². The van der Waals surface area contributed by atoms with E-state index >= 15 is 0 Å². The van der Waals surface area contributed by atoms with Gasteiger partial charge in [-0.05, 0) is 48.5 Å². The van der Waals surface area contributed by atoms with Crippen molar-refractivity contribution in [2.45, 2.75) is 27.2 Å². The quantitative estimate of drug-likeness (QED) is 0.236. The van der Waals surface area contributed by atoms with Crippen molar-refractivity contribution in [2.75, 3.05) is 6.61 Å². The Kier molecular flexibility index (Phi) is 7.02. The van der Waals surface area contributed by atoms with Crippen molar-refractivity contribution in [3.63, 3.8) is 0 Å². The molecule has 0 aliphatic rings. The summed E-state index contributed by atoms with van der Waals surface area (Å²) in [6.07, 6.45) is -9.53. The number of rotatable bonds is 6. The van der Waals surface area contributed by atoms with E-state index in [0.29, 0.717) is 14.7 Å². The highest BCUT2D eigenvalue weighted by molar-refractivity contribution is 7.97. The van der Waals surface area contributed by atoms with Crippen LogP contribution < -0.4 is 4.74 Å². The number of halogens is 6. The third kappa shape index (κ3) is 6.43. The maximum atomic E-state index is 12.5. The Bertz CT molecular complexity index is 1050. The van der Waals surface area contributed by atoms with E-state index < -0.39 is 41.8 Å². The summed E-state index contributed by atoms with van der Waals surface area (Å²) in [6.45, 7) is -1.73. The van der Waals surface area contributed by atoms with Crippen molar-refractivity contribution in [3.05, 3.63) is 84.4 Å². The summed E-state index contributed by atoms with van der Waals surface area (Å²) in [5.74, 6) is -1.57. The van der Waals surface area contributed by atoms with Crippen LogP contribution in [0.15, 0.2) is 93.5 Å². The van der Waals surface area contributed by atoms with Crippen molar-refractivity contribution in [3.8, 4) is 5.75 Å². The summed E-state index contributed by atoms with van der Waals surface area (Å²) >= 11 is 0. The number of ether oxygens (including phenoxy) is 2. The first-order valence-electron chi connectivity index (χ1n) is 9.01. The van der Waals surface area contributed by atoms with E-state index in [1.807, 2.05) is 0 Å². The second-order valence-electron chi connectivity index (χ2n) is 6.33. The number of esters is 1. The molecule has 0 bridgehead atoms. The zero-order valence-electron chi connectivity index (χ0n) is 16.1. The predicted molar refractivity (Wildman–Crippen MR) is 105 cm³/mol. The van der Waals surface area contributed by atoms with Crippen LogP contribution in [-0.2, 0) is 15.6 Å². The average molecular weight is 473 g/mol. The molecular formula is C22H15F6O3S+. The molecule has 3 rings (SSSR count). The van der Waals surface area contributed by atoms with Gasteiger partial charge in [0.25, 0.3) is 0 Å². The summed E-state index contributed by atoms with van der Waals surface area (Å²) in [6, 6.07) is 19.8. The molecule has 168 valence electrons. The number of hydrogen-bond acceptors (Lipinski definition) is 3. The molecule has 0 aromatic heterocycles. The van der Waals surface area contributed by atoms with Crippen molar-refractivity contribution in [2.24, 2.45) is 0 Å². The fourth-order valence-corrected chi connectivity index (χ4v) is 4.97. The van der Waals surface area contributed by atoms with Gasteiger partial charge in [0.15, 0.2) is 21.3 Å². The van der Waals surface area contributed by atoms with Crippen LogP contribution in [0.2, 0.25) is 0 Å². The van der Waals surface area contributed by atoms with Crippen LogP contribution >= 0.6 is 0 Å². The number of hydrogen-bond donors (Lipinski definition) is 0. The van der Waals surface area contributed by atoms with E-state index in [1.165, 1.54) is 24.3 Å². The van der Waals surface area contributed by atoms with Gasteiger partial charge >= 0.3 is 18.5 Å². The monoisotopic (exact) mass is 473 g/mol. The highest BCUT2D eigenvalue weighted by Crippen LogP contribution is 2.35. The van der Waals surface area contributed by atoms with Crippen LogP contribution in [0.25, 0.3) is 0 Å². The van der Waals surface area contributed by atoms with Crippen LogP contribution in [0.4, 0.5) is 26.3 Å². The predicted octanol–water partition coefficient (Wildman–Crippen LogP) is 6.40. The van der Waals surface area contributed by atoms with Crippen LogP contribution in [0.1, 0.15) is 10.4 Å². The molecule has 0 aliphatic carbocycles. The molecule has 0 N–H and O–H groups in total. The average Bonchev–Trinajstić information content (AvgIpc) is 2.73. The third-order valence-corrected chi connectivity index (χ3v) is 6.25. The number of carbonyl (C=O) groups is 1. The lowest BCUT2D eigenvalue weighted by atomic mass is 10.2. The Balaban J connectivity index is 2.03. The van der Waals surface area contributed by atoms with Crippen molar-refractivity contribution >= 4 is 16.9 Å². The summed E-state index contributed by atoms with van der Waals surface area (Å²) in [7, 11) is -1.02. The van der Waals surface area contributed by atoms with E-state index in [4.69, 9.17) is 0 Å². The molecule has 0 aliphatic heterocycles. The van der Waals surface area contributed by atoms with Gasteiger partial charge in [0.05, 0.1) is 0 Å². The molecule has 0 spiro atoms. The van der Waals surface area contributed by atoms with Crippen LogP contribution in [-0.4, -0.2) is 25.1 Å². The van der Waals surface area contributed by atoms with Gasteiger partial charge in [0.1, 0.15) is 22.2 Å². The molecular weight excluding hydrogens is 458 g/mol. The van der Waals surface area contributed by atoms with E-state index in [9.17, 15) is 31.1 Å². The van der Waals surface area contributed by atoms with E-state index in [-0.39, 0.29) is 5.56 Å². The van der Waals surface area contributed by atoms with E-state index in [2.05, 4.69) is 9.47 Å².